The van der Waals surface area contributed by atoms with E-state index in [1.165, 1.54) is 6.08 Å². The number of rotatable bonds is 6. The molecule has 0 radical (unpaired) electrons. The fourth-order valence-electron chi connectivity index (χ4n) is 3.65. The summed E-state index contributed by atoms with van der Waals surface area (Å²) < 4.78 is 11.1. The summed E-state index contributed by atoms with van der Waals surface area (Å²) in [6.45, 7) is 2.13. The van der Waals surface area contributed by atoms with Crippen molar-refractivity contribution < 1.29 is 23.5 Å². The van der Waals surface area contributed by atoms with E-state index in [1.54, 1.807) is 29.4 Å². The van der Waals surface area contributed by atoms with Crippen LogP contribution >= 0.6 is 11.8 Å². The molecular formula is C24H22N6O5S. The van der Waals surface area contributed by atoms with Gasteiger partial charge in [0.2, 0.25) is 11.8 Å². The number of thioether (sulfide) groups is 1. The minimum atomic E-state index is -0.471. The van der Waals surface area contributed by atoms with Gasteiger partial charge in [0.1, 0.15) is 12.4 Å². The molecule has 2 aliphatic heterocycles. The molecule has 12 heteroatoms. The second kappa shape index (κ2) is 10.5. The van der Waals surface area contributed by atoms with E-state index in [1.807, 2.05) is 35.2 Å². The first-order valence-corrected chi connectivity index (χ1v) is 12.0. The summed E-state index contributed by atoms with van der Waals surface area (Å²) in [6, 6.07) is 14.3. The summed E-state index contributed by atoms with van der Waals surface area (Å²) in [4.78, 5) is 49.2. The van der Waals surface area contributed by atoms with Crippen molar-refractivity contribution in [3.63, 3.8) is 0 Å². The maximum absolute atomic E-state index is 12.6. The number of hydrogen-bond donors (Lipinski definition) is 2. The zero-order valence-electron chi connectivity index (χ0n) is 19.0. The third-order valence-electron chi connectivity index (χ3n) is 5.45. The Morgan fingerprint density at radius 1 is 1.11 bits per heavy atom. The molecule has 0 saturated carbocycles. The minimum absolute atomic E-state index is 0.167. The Balaban J connectivity index is 1.31. The van der Waals surface area contributed by atoms with Gasteiger partial charge in [-0.2, -0.15) is 4.98 Å². The summed E-state index contributed by atoms with van der Waals surface area (Å²) in [7, 11) is 0. The van der Waals surface area contributed by atoms with Gasteiger partial charge in [0.05, 0.1) is 16.9 Å². The van der Waals surface area contributed by atoms with Gasteiger partial charge in [-0.25, -0.2) is 9.78 Å². The molecule has 11 nitrogen and oxygen atoms in total. The highest BCUT2D eigenvalue weighted by atomic mass is 32.2. The van der Waals surface area contributed by atoms with Crippen LogP contribution in [0.4, 0.5) is 21.2 Å². The molecule has 0 unspecified atom stereocenters. The zero-order chi connectivity index (χ0) is 24.9. The normalized spacial score (nSPS) is 16.8. The first-order chi connectivity index (χ1) is 17.5. The molecule has 2 N–H and O–H groups in total. The second-order valence-corrected chi connectivity index (χ2v) is 8.94. The average molecular weight is 507 g/mol. The van der Waals surface area contributed by atoms with Crippen molar-refractivity contribution in [3.8, 4) is 5.88 Å². The lowest BCUT2D eigenvalue weighted by Crippen LogP contribution is -2.50. The number of anilines is 2. The third kappa shape index (κ3) is 5.66. The topological polar surface area (TPSA) is 130 Å². The Morgan fingerprint density at radius 3 is 2.61 bits per heavy atom. The van der Waals surface area contributed by atoms with Crippen molar-refractivity contribution in [1.29, 1.82) is 0 Å². The van der Waals surface area contributed by atoms with Crippen LogP contribution in [0.1, 0.15) is 11.5 Å². The van der Waals surface area contributed by atoms with Crippen LogP contribution in [0.2, 0.25) is 0 Å². The smallest absolute Gasteiger partial charge is 0.321 e. The molecule has 0 atom stereocenters. The number of carbonyl (C=O) groups excluding carboxylic acids is 3. The molecule has 2 aliphatic rings. The van der Waals surface area contributed by atoms with Gasteiger partial charge in [-0.05, 0) is 42.1 Å². The highest BCUT2D eigenvalue weighted by Gasteiger charge is 2.26. The Labute approximate surface area is 210 Å². The number of ether oxygens (including phenoxy) is 1. The first-order valence-electron chi connectivity index (χ1n) is 11.2. The first kappa shape index (κ1) is 23.4. The Kier molecular flexibility index (Phi) is 6.85. The number of imide groups is 1. The van der Waals surface area contributed by atoms with Crippen molar-refractivity contribution >= 4 is 46.7 Å². The molecule has 2 aromatic heterocycles. The maximum Gasteiger partial charge on any atom is 0.321 e. The van der Waals surface area contributed by atoms with E-state index < -0.39 is 11.1 Å². The van der Waals surface area contributed by atoms with Crippen LogP contribution in [0, 0.1) is 0 Å². The molecule has 2 fully saturated rings. The fraction of sp³-hybridized carbons (Fsp3) is 0.208. The molecule has 36 heavy (non-hydrogen) atoms. The van der Waals surface area contributed by atoms with Gasteiger partial charge in [0, 0.05) is 37.9 Å². The van der Waals surface area contributed by atoms with Gasteiger partial charge in [0.25, 0.3) is 11.1 Å². The van der Waals surface area contributed by atoms with Gasteiger partial charge in [0.15, 0.2) is 0 Å². The van der Waals surface area contributed by atoms with Crippen molar-refractivity contribution in [2.75, 3.05) is 36.4 Å². The van der Waals surface area contributed by atoms with Gasteiger partial charge < -0.3 is 24.3 Å². The number of furan rings is 1. The lowest BCUT2D eigenvalue weighted by molar-refractivity contribution is -0.115. The number of piperazine rings is 1. The summed E-state index contributed by atoms with van der Waals surface area (Å²) in [5.41, 5.74) is 1.16. The Hall–Kier alpha value is -4.32. The number of aromatic nitrogens is 2. The summed E-state index contributed by atoms with van der Waals surface area (Å²) >= 11 is 0.812. The van der Waals surface area contributed by atoms with Crippen LogP contribution in [0.3, 0.4) is 0 Å². The van der Waals surface area contributed by atoms with Crippen molar-refractivity contribution in [2.24, 2.45) is 0 Å². The minimum Gasteiger partial charge on any atom is -0.469 e. The van der Waals surface area contributed by atoms with Crippen molar-refractivity contribution in [2.45, 2.75) is 6.61 Å². The van der Waals surface area contributed by atoms with Gasteiger partial charge in [-0.15, -0.1) is 0 Å². The van der Waals surface area contributed by atoms with Crippen LogP contribution in [0.25, 0.3) is 6.08 Å². The quantitative estimate of drug-likeness (QED) is 0.484. The van der Waals surface area contributed by atoms with E-state index >= 15 is 0 Å². The molecule has 4 heterocycles. The molecule has 5 rings (SSSR count). The highest BCUT2D eigenvalue weighted by molar-refractivity contribution is 8.18. The van der Waals surface area contributed by atoms with Crippen LogP contribution in [0.5, 0.6) is 5.88 Å². The fourth-order valence-corrected chi connectivity index (χ4v) is 4.31. The molecule has 1 aromatic carbocycles. The Bertz CT molecular complexity index is 1290. The number of amides is 4. The number of carbonyl (C=O) groups is 3. The van der Waals surface area contributed by atoms with Crippen molar-refractivity contribution in [1.82, 2.24) is 20.2 Å². The molecule has 0 bridgehead atoms. The number of nitrogens with zero attached hydrogens (tertiary/aromatic N) is 4. The molecule has 3 aromatic rings. The number of urea groups is 1. The molecule has 0 aliphatic carbocycles. The van der Waals surface area contributed by atoms with E-state index in [-0.39, 0.29) is 17.5 Å². The maximum atomic E-state index is 12.6. The molecular weight excluding hydrogens is 484 g/mol. The second-order valence-electron chi connectivity index (χ2n) is 7.92. The van der Waals surface area contributed by atoms with E-state index in [9.17, 15) is 14.4 Å². The predicted octanol–water partition coefficient (Wildman–Crippen LogP) is 3.33. The van der Waals surface area contributed by atoms with Gasteiger partial charge >= 0.3 is 6.03 Å². The molecule has 0 spiro atoms. The number of nitrogens with one attached hydrogen (secondary N) is 2. The summed E-state index contributed by atoms with van der Waals surface area (Å²) in [6.07, 6.45) is 3.08. The van der Waals surface area contributed by atoms with Gasteiger partial charge in [-0.3, -0.25) is 14.9 Å². The van der Waals surface area contributed by atoms with Crippen LogP contribution in [-0.4, -0.2) is 58.2 Å². The highest BCUT2D eigenvalue weighted by Crippen LogP contribution is 2.27. The summed E-state index contributed by atoms with van der Waals surface area (Å²) in [5.74, 6) is 0.851. The number of para-hydroxylation sites is 1. The molecule has 4 amide bonds. The third-order valence-corrected chi connectivity index (χ3v) is 6.26. The largest absolute Gasteiger partial charge is 0.469 e. The lowest BCUT2D eigenvalue weighted by atomic mass is 10.3. The number of benzene rings is 1. The standard InChI is InChI=1S/C24H22N6O5S/c31-21-19(36-24(33)28-21)13-17-14-20(35-15-18-7-4-12-34-18)27-22(25-17)29-8-10-30(11-9-29)23(32)26-16-5-2-1-3-6-16/h1-7,12-14H,8-11,15H2,(H,26,32)(H,28,31,33). The van der Waals surface area contributed by atoms with E-state index in [0.29, 0.717) is 49.5 Å². The van der Waals surface area contributed by atoms with Crippen molar-refractivity contribution in [3.05, 3.63) is 71.2 Å². The number of hydrogen-bond acceptors (Lipinski definition) is 9. The monoisotopic (exact) mass is 506 g/mol. The van der Waals surface area contributed by atoms with E-state index in [4.69, 9.17) is 9.15 Å². The van der Waals surface area contributed by atoms with E-state index in [0.717, 1.165) is 17.4 Å². The van der Waals surface area contributed by atoms with Crippen LogP contribution < -0.4 is 20.3 Å². The molecule has 184 valence electrons. The predicted molar refractivity (Wildman–Crippen MR) is 133 cm³/mol. The van der Waals surface area contributed by atoms with Crippen LogP contribution in [-0.2, 0) is 11.4 Å². The van der Waals surface area contributed by atoms with Crippen LogP contribution in [0.15, 0.2) is 64.1 Å². The van der Waals surface area contributed by atoms with Gasteiger partial charge in [-0.1, -0.05) is 18.2 Å². The molecule has 2 saturated heterocycles. The average Bonchev–Trinajstić information content (AvgIpc) is 3.52. The lowest BCUT2D eigenvalue weighted by Gasteiger charge is -2.34. The zero-order valence-corrected chi connectivity index (χ0v) is 19.9. The summed E-state index contributed by atoms with van der Waals surface area (Å²) in [5, 5.41) is 4.70. The SMILES string of the molecule is O=C1NC(=O)C(=Cc2cc(OCc3ccco3)nc(N3CCN(C(=O)Nc4ccccc4)CC3)n2)S1. The van der Waals surface area contributed by atoms with E-state index in [2.05, 4.69) is 20.6 Å². The Morgan fingerprint density at radius 2 is 1.92 bits per heavy atom.